The maximum absolute atomic E-state index is 3.95. The fourth-order valence-corrected chi connectivity index (χ4v) is 1.12. The van der Waals surface area contributed by atoms with Crippen LogP contribution in [0.3, 0.4) is 0 Å². The summed E-state index contributed by atoms with van der Waals surface area (Å²) in [6.07, 6.45) is 11.1. The van der Waals surface area contributed by atoms with Gasteiger partial charge in [-0.1, -0.05) is 37.5 Å². The van der Waals surface area contributed by atoms with Crippen molar-refractivity contribution < 1.29 is 0 Å². The fourth-order valence-electron chi connectivity index (χ4n) is 1.12. The van der Waals surface area contributed by atoms with Gasteiger partial charge < -0.3 is 5.32 Å². The predicted octanol–water partition coefficient (Wildman–Crippen LogP) is 3.11. The molecule has 1 rings (SSSR count). The summed E-state index contributed by atoms with van der Waals surface area (Å²) in [7, 11) is 0. The number of hydrogen-bond acceptors (Lipinski definition) is 2. The molecule has 0 bridgehead atoms. The van der Waals surface area contributed by atoms with Crippen molar-refractivity contribution in [1.29, 1.82) is 0 Å². The van der Waals surface area contributed by atoms with E-state index in [1.807, 2.05) is 31.2 Å². The zero-order chi connectivity index (χ0) is 11.1. The third-order valence-corrected chi connectivity index (χ3v) is 1.82. The largest absolute Gasteiger partial charge is 0.359 e. The second-order valence-electron chi connectivity index (χ2n) is 2.92. The number of nitrogens with one attached hydrogen (secondary N) is 2. The van der Waals surface area contributed by atoms with Gasteiger partial charge in [-0.2, -0.15) is 5.10 Å². The minimum atomic E-state index is 0.870. The Morgan fingerprint density at radius 3 is 3.00 bits per heavy atom. The fraction of sp³-hybridized carbons (Fsp3) is 0.0833. The summed E-state index contributed by atoms with van der Waals surface area (Å²) in [6, 6.07) is 0. The molecule has 0 fully saturated rings. The first-order valence-corrected chi connectivity index (χ1v) is 4.69. The number of aromatic amines is 1. The molecule has 1 heterocycles. The predicted molar refractivity (Wildman–Crippen MR) is 65.4 cm³/mol. The molecule has 0 saturated heterocycles. The van der Waals surface area contributed by atoms with Crippen molar-refractivity contribution in [3.63, 3.8) is 0 Å². The Balaban J connectivity index is 2.81. The van der Waals surface area contributed by atoms with Gasteiger partial charge in [-0.05, 0) is 18.7 Å². The molecule has 78 valence electrons. The molecule has 3 heteroatoms. The van der Waals surface area contributed by atoms with Gasteiger partial charge in [0, 0.05) is 0 Å². The van der Waals surface area contributed by atoms with Crippen LogP contribution in [0.15, 0.2) is 49.9 Å². The van der Waals surface area contributed by atoms with E-state index in [1.165, 1.54) is 0 Å². The number of H-pyrrole nitrogens is 1. The van der Waals surface area contributed by atoms with Gasteiger partial charge in [-0.3, -0.25) is 5.10 Å². The van der Waals surface area contributed by atoms with Gasteiger partial charge in [0.05, 0.1) is 17.6 Å². The summed E-state index contributed by atoms with van der Waals surface area (Å²) in [5.74, 6) is 0. The third-order valence-electron chi connectivity index (χ3n) is 1.82. The summed E-state index contributed by atoms with van der Waals surface area (Å²) in [4.78, 5) is 0. The lowest BCUT2D eigenvalue weighted by Crippen LogP contribution is -1.89. The SMILES string of the molecule is C=CNc1cn[nH]c1C(=C)/C=C\C=C/C. The van der Waals surface area contributed by atoms with Gasteiger partial charge in [0.15, 0.2) is 0 Å². The van der Waals surface area contributed by atoms with Gasteiger partial charge in [-0.15, -0.1) is 0 Å². The smallest absolute Gasteiger partial charge is 0.0879 e. The maximum Gasteiger partial charge on any atom is 0.0879 e. The molecule has 0 aliphatic rings. The Kier molecular flexibility index (Phi) is 4.16. The van der Waals surface area contributed by atoms with Gasteiger partial charge >= 0.3 is 0 Å². The molecule has 0 atom stereocenters. The molecule has 0 aliphatic heterocycles. The van der Waals surface area contributed by atoms with E-state index in [4.69, 9.17) is 0 Å². The number of anilines is 1. The van der Waals surface area contributed by atoms with Crippen LogP contribution in [-0.2, 0) is 0 Å². The minimum absolute atomic E-state index is 0.870. The molecule has 2 N–H and O–H groups in total. The first-order chi connectivity index (χ1) is 7.29. The van der Waals surface area contributed by atoms with Crippen LogP contribution in [0.25, 0.3) is 5.57 Å². The number of rotatable bonds is 5. The van der Waals surface area contributed by atoms with Crippen molar-refractivity contribution in [3.8, 4) is 0 Å². The Morgan fingerprint density at radius 1 is 1.53 bits per heavy atom. The molecule has 0 aliphatic carbocycles. The molecule has 0 unspecified atom stereocenters. The summed E-state index contributed by atoms with van der Waals surface area (Å²) in [5.41, 5.74) is 2.62. The first kappa shape index (κ1) is 11.0. The average Bonchev–Trinajstić information content (AvgIpc) is 2.67. The van der Waals surface area contributed by atoms with Crippen LogP contribution in [0.2, 0.25) is 0 Å². The molecule has 15 heavy (non-hydrogen) atoms. The Bertz CT molecular complexity index is 397. The maximum atomic E-state index is 3.95. The number of hydrogen-bond donors (Lipinski definition) is 2. The zero-order valence-corrected chi connectivity index (χ0v) is 8.83. The first-order valence-electron chi connectivity index (χ1n) is 4.69. The third kappa shape index (κ3) is 2.98. The van der Waals surface area contributed by atoms with E-state index in [-0.39, 0.29) is 0 Å². The van der Waals surface area contributed by atoms with E-state index >= 15 is 0 Å². The lowest BCUT2D eigenvalue weighted by molar-refractivity contribution is 1.08. The van der Waals surface area contributed by atoms with Gasteiger partial charge in [0.2, 0.25) is 0 Å². The lowest BCUT2D eigenvalue weighted by Gasteiger charge is -2.00. The van der Waals surface area contributed by atoms with Crippen LogP contribution >= 0.6 is 0 Å². The van der Waals surface area contributed by atoms with Crippen LogP contribution < -0.4 is 5.32 Å². The van der Waals surface area contributed by atoms with Crippen molar-refractivity contribution in [3.05, 3.63) is 55.6 Å². The van der Waals surface area contributed by atoms with Crippen molar-refractivity contribution in [2.75, 3.05) is 5.32 Å². The minimum Gasteiger partial charge on any atom is -0.359 e. The second-order valence-corrected chi connectivity index (χ2v) is 2.92. The van der Waals surface area contributed by atoms with Crippen LogP contribution in [0.5, 0.6) is 0 Å². The van der Waals surface area contributed by atoms with E-state index in [0.717, 1.165) is 17.0 Å². The Hall–Kier alpha value is -2.03. The zero-order valence-electron chi connectivity index (χ0n) is 8.83. The molecule has 0 amide bonds. The summed E-state index contributed by atoms with van der Waals surface area (Å²) in [6.45, 7) is 9.51. The van der Waals surface area contributed by atoms with Crippen LogP contribution in [-0.4, -0.2) is 10.2 Å². The molecule has 0 aromatic carbocycles. The normalized spacial score (nSPS) is 11.0. The van der Waals surface area contributed by atoms with E-state index < -0.39 is 0 Å². The summed E-state index contributed by atoms with van der Waals surface area (Å²) < 4.78 is 0. The highest BCUT2D eigenvalue weighted by molar-refractivity contribution is 5.78. The summed E-state index contributed by atoms with van der Waals surface area (Å²) >= 11 is 0. The molecule has 1 aromatic heterocycles. The highest BCUT2D eigenvalue weighted by Crippen LogP contribution is 2.20. The van der Waals surface area contributed by atoms with Crippen molar-refractivity contribution in [2.24, 2.45) is 0 Å². The topological polar surface area (TPSA) is 40.7 Å². The molecule has 0 saturated carbocycles. The van der Waals surface area contributed by atoms with Crippen LogP contribution in [0, 0.1) is 0 Å². The Morgan fingerprint density at radius 2 is 2.33 bits per heavy atom. The molecule has 0 radical (unpaired) electrons. The molecule has 1 aromatic rings. The Labute approximate surface area is 89.9 Å². The number of allylic oxidation sites excluding steroid dienone is 5. The van der Waals surface area contributed by atoms with Gasteiger partial charge in [0.25, 0.3) is 0 Å². The van der Waals surface area contributed by atoms with Gasteiger partial charge in [-0.25, -0.2) is 0 Å². The van der Waals surface area contributed by atoms with E-state index in [2.05, 4.69) is 28.7 Å². The molecule has 0 spiro atoms. The summed E-state index contributed by atoms with van der Waals surface area (Å²) in [5, 5.41) is 9.81. The van der Waals surface area contributed by atoms with Gasteiger partial charge in [0.1, 0.15) is 0 Å². The standard InChI is InChI=1S/C12H15N3/c1-4-6-7-8-10(3)12-11(13-5-2)9-14-15-12/h4-9,13H,2-3H2,1H3,(H,14,15)/b6-4-,8-7-. The van der Waals surface area contributed by atoms with Crippen LogP contribution in [0.4, 0.5) is 5.69 Å². The monoisotopic (exact) mass is 201 g/mol. The van der Waals surface area contributed by atoms with E-state index in [1.54, 1.807) is 12.4 Å². The molecule has 3 nitrogen and oxygen atoms in total. The number of nitrogens with zero attached hydrogens (tertiary/aromatic N) is 1. The van der Waals surface area contributed by atoms with E-state index in [0.29, 0.717) is 0 Å². The van der Waals surface area contributed by atoms with Crippen molar-refractivity contribution in [1.82, 2.24) is 10.2 Å². The van der Waals surface area contributed by atoms with E-state index in [9.17, 15) is 0 Å². The second kappa shape index (κ2) is 5.65. The highest BCUT2D eigenvalue weighted by atomic mass is 15.1. The molecular weight excluding hydrogens is 186 g/mol. The van der Waals surface area contributed by atoms with Crippen molar-refractivity contribution >= 4 is 11.3 Å². The van der Waals surface area contributed by atoms with Crippen molar-refractivity contribution in [2.45, 2.75) is 6.92 Å². The van der Waals surface area contributed by atoms with Crippen LogP contribution in [0.1, 0.15) is 12.6 Å². The lowest BCUT2D eigenvalue weighted by atomic mass is 10.2. The molecular formula is C12H15N3. The number of aromatic nitrogens is 2. The quantitative estimate of drug-likeness (QED) is 0.718. The average molecular weight is 201 g/mol. The highest BCUT2D eigenvalue weighted by Gasteiger charge is 2.04.